The molecule has 0 aliphatic carbocycles. The van der Waals surface area contributed by atoms with E-state index in [0.717, 1.165) is 5.56 Å². The minimum absolute atomic E-state index is 0.120. The predicted molar refractivity (Wildman–Crippen MR) is 109 cm³/mol. The summed E-state index contributed by atoms with van der Waals surface area (Å²) in [5.74, 6) is -1.25. The number of primary amides is 1. The number of hydrogen-bond acceptors (Lipinski definition) is 3. The van der Waals surface area contributed by atoms with Crippen molar-refractivity contribution in [1.82, 2.24) is 10.6 Å². The molecule has 7 nitrogen and oxygen atoms in total. The molecule has 5 N–H and O–H groups in total. The van der Waals surface area contributed by atoms with Crippen LogP contribution in [0.25, 0.3) is 0 Å². The lowest BCUT2D eigenvalue weighted by atomic mass is 9.93. The number of rotatable bonds is 7. The molecule has 1 atom stereocenters. The zero-order valence-corrected chi connectivity index (χ0v) is 16.6. The minimum Gasteiger partial charge on any atom is -0.369 e. The molecule has 0 heterocycles. The summed E-state index contributed by atoms with van der Waals surface area (Å²) in [6.45, 7) is 5.23. The second-order valence-electron chi connectivity index (χ2n) is 7.38. The lowest BCUT2D eigenvalue weighted by Gasteiger charge is -2.22. The van der Waals surface area contributed by atoms with Crippen LogP contribution in [0.1, 0.15) is 42.7 Å². The van der Waals surface area contributed by atoms with Crippen LogP contribution >= 0.6 is 0 Å². The zero-order chi connectivity index (χ0) is 21.6. The Morgan fingerprint density at radius 3 is 2.17 bits per heavy atom. The molecule has 0 saturated heterocycles. The largest absolute Gasteiger partial charge is 0.369 e. The van der Waals surface area contributed by atoms with Gasteiger partial charge < -0.3 is 21.7 Å². The van der Waals surface area contributed by atoms with Crippen LogP contribution in [0.5, 0.6) is 0 Å². The van der Waals surface area contributed by atoms with Crippen LogP contribution in [-0.4, -0.2) is 24.4 Å². The predicted octanol–water partition coefficient (Wildman–Crippen LogP) is 2.95. The molecule has 0 spiro atoms. The SMILES string of the molecule is C[C@H](NC(=O)NCC(C)(C)C(N)=O)c1ccc(NC(=O)c2ccc(F)cc2)cc1. The lowest BCUT2D eigenvalue weighted by molar-refractivity contribution is -0.125. The molecule has 29 heavy (non-hydrogen) atoms. The highest BCUT2D eigenvalue weighted by atomic mass is 19.1. The molecule has 0 saturated carbocycles. The fraction of sp³-hybridized carbons (Fsp3) is 0.286. The Balaban J connectivity index is 1.90. The van der Waals surface area contributed by atoms with E-state index in [1.165, 1.54) is 24.3 Å². The summed E-state index contributed by atoms with van der Waals surface area (Å²) >= 11 is 0. The Kier molecular flexibility index (Phi) is 6.93. The van der Waals surface area contributed by atoms with Crippen LogP contribution in [0.15, 0.2) is 48.5 Å². The minimum atomic E-state index is -0.842. The van der Waals surface area contributed by atoms with Crippen molar-refractivity contribution in [2.24, 2.45) is 11.1 Å². The summed E-state index contributed by atoms with van der Waals surface area (Å²) < 4.78 is 12.9. The Hall–Kier alpha value is -3.42. The van der Waals surface area contributed by atoms with Crippen LogP contribution in [0.3, 0.4) is 0 Å². The summed E-state index contributed by atoms with van der Waals surface area (Å²) in [5.41, 5.74) is 6.19. The summed E-state index contributed by atoms with van der Waals surface area (Å²) in [7, 11) is 0. The normalized spacial score (nSPS) is 12.0. The molecule has 8 heteroatoms. The van der Waals surface area contributed by atoms with Crippen LogP contribution in [0, 0.1) is 11.2 Å². The molecule has 0 unspecified atom stereocenters. The van der Waals surface area contributed by atoms with Gasteiger partial charge in [0, 0.05) is 17.8 Å². The molecule has 2 rings (SSSR count). The molecule has 2 aromatic rings. The van der Waals surface area contributed by atoms with Gasteiger partial charge in [0.05, 0.1) is 11.5 Å². The van der Waals surface area contributed by atoms with E-state index in [9.17, 15) is 18.8 Å². The van der Waals surface area contributed by atoms with Gasteiger partial charge in [0.1, 0.15) is 5.82 Å². The van der Waals surface area contributed by atoms with Crippen molar-refractivity contribution in [1.29, 1.82) is 0 Å². The first-order valence-corrected chi connectivity index (χ1v) is 9.09. The summed E-state index contributed by atoms with van der Waals surface area (Å²) in [6.07, 6.45) is 0. The maximum absolute atomic E-state index is 12.9. The molecule has 0 aliphatic rings. The van der Waals surface area contributed by atoms with Gasteiger partial charge in [-0.1, -0.05) is 12.1 Å². The number of hydrogen-bond donors (Lipinski definition) is 4. The fourth-order valence-electron chi connectivity index (χ4n) is 2.38. The van der Waals surface area contributed by atoms with Crippen molar-refractivity contribution in [3.8, 4) is 0 Å². The van der Waals surface area contributed by atoms with Crippen molar-refractivity contribution in [2.75, 3.05) is 11.9 Å². The molecule has 0 aliphatic heterocycles. The smallest absolute Gasteiger partial charge is 0.315 e. The average molecular weight is 400 g/mol. The molecule has 154 valence electrons. The van der Waals surface area contributed by atoms with Gasteiger partial charge >= 0.3 is 6.03 Å². The quantitative estimate of drug-likeness (QED) is 0.573. The molecule has 0 fully saturated rings. The molecule has 4 amide bonds. The highest BCUT2D eigenvalue weighted by molar-refractivity contribution is 6.04. The number of urea groups is 1. The number of amides is 4. The standard InChI is InChI=1S/C21H25FN4O3/c1-13(25-20(29)24-12-21(2,3)19(23)28)14-6-10-17(11-7-14)26-18(27)15-4-8-16(22)9-5-15/h4-11,13H,12H2,1-3H3,(H2,23,28)(H,26,27)(H2,24,25,29)/t13-/m0/s1. The molecular formula is C21H25FN4O3. The first-order valence-electron chi connectivity index (χ1n) is 9.09. The zero-order valence-electron chi connectivity index (χ0n) is 16.6. The van der Waals surface area contributed by atoms with Crippen molar-refractivity contribution < 1.29 is 18.8 Å². The Morgan fingerprint density at radius 1 is 1.03 bits per heavy atom. The second kappa shape index (κ2) is 9.18. The Morgan fingerprint density at radius 2 is 1.62 bits per heavy atom. The topological polar surface area (TPSA) is 113 Å². The van der Waals surface area contributed by atoms with Gasteiger partial charge in [-0.25, -0.2) is 9.18 Å². The van der Waals surface area contributed by atoms with Gasteiger partial charge in [-0.2, -0.15) is 0 Å². The van der Waals surface area contributed by atoms with Gasteiger partial charge in [-0.15, -0.1) is 0 Å². The second-order valence-corrected chi connectivity index (χ2v) is 7.38. The maximum Gasteiger partial charge on any atom is 0.315 e. The molecule has 0 aromatic heterocycles. The van der Waals surface area contributed by atoms with E-state index in [0.29, 0.717) is 11.3 Å². The molecule has 0 radical (unpaired) electrons. The van der Waals surface area contributed by atoms with E-state index in [-0.39, 0.29) is 18.5 Å². The first kappa shape index (κ1) is 21.9. The highest BCUT2D eigenvalue weighted by Gasteiger charge is 2.25. The monoisotopic (exact) mass is 400 g/mol. The summed E-state index contributed by atoms with van der Waals surface area (Å²) in [4.78, 5) is 35.5. The fourth-order valence-corrected chi connectivity index (χ4v) is 2.38. The summed E-state index contributed by atoms with van der Waals surface area (Å²) in [5, 5.41) is 8.13. The lowest BCUT2D eigenvalue weighted by Crippen LogP contribution is -2.46. The van der Waals surface area contributed by atoms with Crippen molar-refractivity contribution in [3.05, 3.63) is 65.5 Å². The van der Waals surface area contributed by atoms with Crippen molar-refractivity contribution in [2.45, 2.75) is 26.8 Å². The van der Waals surface area contributed by atoms with Crippen LogP contribution in [0.4, 0.5) is 14.9 Å². The van der Waals surface area contributed by atoms with Crippen LogP contribution in [-0.2, 0) is 4.79 Å². The number of anilines is 1. The molecule has 2 aromatic carbocycles. The maximum atomic E-state index is 12.9. The van der Waals surface area contributed by atoms with E-state index in [4.69, 9.17) is 5.73 Å². The third-order valence-electron chi connectivity index (χ3n) is 4.48. The van der Waals surface area contributed by atoms with E-state index < -0.39 is 23.2 Å². The van der Waals surface area contributed by atoms with Gasteiger partial charge in [0.2, 0.25) is 5.91 Å². The third kappa shape index (κ3) is 6.31. The van der Waals surface area contributed by atoms with E-state index in [2.05, 4.69) is 16.0 Å². The summed E-state index contributed by atoms with van der Waals surface area (Å²) in [6, 6.07) is 11.5. The highest BCUT2D eigenvalue weighted by Crippen LogP contribution is 2.17. The number of nitrogens with one attached hydrogen (secondary N) is 3. The third-order valence-corrected chi connectivity index (χ3v) is 4.48. The van der Waals surface area contributed by atoms with Crippen LogP contribution in [0.2, 0.25) is 0 Å². The van der Waals surface area contributed by atoms with Gasteiger partial charge in [0.15, 0.2) is 0 Å². The molecule has 0 bridgehead atoms. The Labute approximate surface area is 168 Å². The van der Waals surface area contributed by atoms with E-state index in [1.807, 2.05) is 6.92 Å². The average Bonchev–Trinajstić information content (AvgIpc) is 2.67. The van der Waals surface area contributed by atoms with E-state index >= 15 is 0 Å². The number of carbonyl (C=O) groups is 3. The van der Waals surface area contributed by atoms with Gasteiger partial charge in [0.25, 0.3) is 5.91 Å². The molecular weight excluding hydrogens is 375 g/mol. The van der Waals surface area contributed by atoms with Gasteiger partial charge in [-0.05, 0) is 62.7 Å². The number of benzene rings is 2. The Bertz CT molecular complexity index is 880. The number of carbonyl (C=O) groups excluding carboxylic acids is 3. The van der Waals surface area contributed by atoms with Crippen molar-refractivity contribution in [3.63, 3.8) is 0 Å². The number of halogens is 1. The van der Waals surface area contributed by atoms with E-state index in [1.54, 1.807) is 38.1 Å². The first-order chi connectivity index (χ1) is 13.6. The number of nitrogens with two attached hydrogens (primary N) is 1. The van der Waals surface area contributed by atoms with Crippen molar-refractivity contribution >= 4 is 23.5 Å². The van der Waals surface area contributed by atoms with Gasteiger partial charge in [-0.3, -0.25) is 9.59 Å². The van der Waals surface area contributed by atoms with Crippen LogP contribution < -0.4 is 21.7 Å².